The Kier molecular flexibility index (Phi) is 9.76. The number of aliphatic imine (C=N–C) groups is 1. The van der Waals surface area contributed by atoms with Crippen LogP contribution in [-0.4, -0.2) is 17.3 Å². The minimum Gasteiger partial charge on any atom is -0.356 e. The number of aryl methyl sites for hydroxylation is 3. The average molecular weight is 790 g/mol. The molecule has 0 spiro atoms. The van der Waals surface area contributed by atoms with Crippen molar-refractivity contribution in [3.63, 3.8) is 0 Å². The van der Waals surface area contributed by atoms with Gasteiger partial charge in [0.05, 0.1) is 11.4 Å². The lowest BCUT2D eigenvalue weighted by Gasteiger charge is -2.19. The zero-order valence-corrected chi connectivity index (χ0v) is 29.7. The van der Waals surface area contributed by atoms with Gasteiger partial charge in [-0.05, 0) is 156 Å². The molecule has 0 N–H and O–H groups in total. The summed E-state index contributed by atoms with van der Waals surface area (Å²) in [6, 6.07) is 23.3. The SMILES string of the molecule is CB(F)n1c(/C=C/c2ccc(C)cc2)cc(C)c1/C(=C1N=C(/C=C/c2ccc(C)cc2)C=C\1C)c1cc(I)c(C)c(I)c1. The summed E-state index contributed by atoms with van der Waals surface area (Å²) in [6.07, 6.45) is 10.3. The van der Waals surface area contributed by atoms with Crippen LogP contribution in [0.5, 0.6) is 0 Å². The molecule has 0 saturated carbocycles. The van der Waals surface area contributed by atoms with Crippen LogP contribution >= 0.6 is 45.2 Å². The zero-order chi connectivity index (χ0) is 30.8. The van der Waals surface area contributed by atoms with Crippen LogP contribution in [-0.2, 0) is 0 Å². The van der Waals surface area contributed by atoms with Crippen molar-refractivity contribution >= 4 is 81.8 Å². The van der Waals surface area contributed by atoms with E-state index in [-0.39, 0.29) is 0 Å². The number of hydrogen-bond donors (Lipinski definition) is 0. The molecular weight excluding hydrogens is 756 g/mol. The highest BCUT2D eigenvalue weighted by Gasteiger charge is 2.27. The number of benzene rings is 3. The van der Waals surface area contributed by atoms with E-state index in [2.05, 4.69) is 165 Å². The van der Waals surface area contributed by atoms with Crippen molar-refractivity contribution in [1.29, 1.82) is 0 Å². The summed E-state index contributed by atoms with van der Waals surface area (Å²) in [5, 5.41) is 0. The van der Waals surface area contributed by atoms with Crippen LogP contribution in [0.4, 0.5) is 4.32 Å². The van der Waals surface area contributed by atoms with E-state index in [1.165, 1.54) is 23.8 Å². The van der Waals surface area contributed by atoms with Crippen LogP contribution < -0.4 is 0 Å². The molecule has 5 rings (SSSR count). The monoisotopic (exact) mass is 790 g/mol. The molecule has 2 heterocycles. The lowest BCUT2D eigenvalue weighted by atomic mass is 9.87. The Bertz CT molecular complexity index is 1810. The van der Waals surface area contributed by atoms with Gasteiger partial charge in [-0.2, -0.15) is 0 Å². The second-order valence-corrected chi connectivity index (χ2v) is 13.5. The number of aromatic nitrogens is 1. The van der Waals surface area contributed by atoms with Gasteiger partial charge in [-0.1, -0.05) is 71.8 Å². The van der Waals surface area contributed by atoms with Crippen LogP contribution in [0.1, 0.15) is 57.3 Å². The van der Waals surface area contributed by atoms with Crippen LogP contribution in [0.25, 0.3) is 23.8 Å². The van der Waals surface area contributed by atoms with Gasteiger partial charge < -0.3 is 8.79 Å². The first kappa shape index (κ1) is 31.4. The summed E-state index contributed by atoms with van der Waals surface area (Å²) < 4.78 is 19.8. The van der Waals surface area contributed by atoms with Gasteiger partial charge in [0.15, 0.2) is 0 Å². The van der Waals surface area contributed by atoms with Gasteiger partial charge in [-0.25, -0.2) is 4.99 Å². The smallest absolute Gasteiger partial charge is 0.356 e. The van der Waals surface area contributed by atoms with Gasteiger partial charge in [0.2, 0.25) is 0 Å². The zero-order valence-electron chi connectivity index (χ0n) is 25.3. The molecular formula is C37H34BFI2N2. The molecule has 0 bridgehead atoms. The largest absolute Gasteiger partial charge is 0.462 e. The van der Waals surface area contributed by atoms with E-state index in [0.29, 0.717) is 0 Å². The second kappa shape index (κ2) is 13.3. The van der Waals surface area contributed by atoms with Crippen LogP contribution in [0.15, 0.2) is 95.1 Å². The normalized spacial score (nSPS) is 14.5. The Morgan fingerprint density at radius 1 is 0.767 bits per heavy atom. The van der Waals surface area contributed by atoms with Crippen molar-refractivity contribution in [2.45, 2.75) is 41.4 Å². The maximum atomic E-state index is 15.7. The maximum absolute atomic E-state index is 15.7. The van der Waals surface area contributed by atoms with E-state index >= 15 is 4.32 Å². The Hall–Kier alpha value is -2.98. The van der Waals surface area contributed by atoms with Crippen molar-refractivity contribution in [3.8, 4) is 0 Å². The summed E-state index contributed by atoms with van der Waals surface area (Å²) in [6.45, 7) is 12.1. The molecule has 0 amide bonds. The molecule has 2 nitrogen and oxygen atoms in total. The first-order chi connectivity index (χ1) is 20.5. The Morgan fingerprint density at radius 3 is 1.84 bits per heavy atom. The van der Waals surface area contributed by atoms with Gasteiger partial charge in [-0.3, -0.25) is 0 Å². The van der Waals surface area contributed by atoms with Crippen LogP contribution in [0, 0.1) is 34.8 Å². The van der Waals surface area contributed by atoms with Gasteiger partial charge in [0, 0.05) is 24.1 Å². The fourth-order valence-electron chi connectivity index (χ4n) is 5.28. The Labute approximate surface area is 282 Å². The molecule has 4 aromatic rings. The molecule has 0 aliphatic carbocycles. The van der Waals surface area contributed by atoms with E-state index in [4.69, 9.17) is 4.99 Å². The molecule has 216 valence electrons. The molecule has 1 aromatic heterocycles. The Morgan fingerprint density at radius 2 is 1.30 bits per heavy atom. The first-order valence-corrected chi connectivity index (χ1v) is 16.5. The van der Waals surface area contributed by atoms with Gasteiger partial charge in [0.25, 0.3) is 0 Å². The molecule has 0 saturated heterocycles. The van der Waals surface area contributed by atoms with Gasteiger partial charge in [0.1, 0.15) is 0 Å². The maximum Gasteiger partial charge on any atom is 0.462 e. The van der Waals surface area contributed by atoms with E-state index in [1.807, 2.05) is 16.6 Å². The summed E-state index contributed by atoms with van der Waals surface area (Å²) in [5.41, 5.74) is 13.4. The van der Waals surface area contributed by atoms with E-state index in [0.717, 1.165) is 56.2 Å². The number of nitrogens with zero attached hydrogens (tertiary/aromatic N) is 2. The third kappa shape index (κ3) is 7.06. The molecule has 0 radical (unpaired) electrons. The topological polar surface area (TPSA) is 17.3 Å². The predicted molar refractivity (Wildman–Crippen MR) is 201 cm³/mol. The van der Waals surface area contributed by atoms with Crippen molar-refractivity contribution < 1.29 is 4.32 Å². The van der Waals surface area contributed by atoms with E-state index in [9.17, 15) is 0 Å². The lowest BCUT2D eigenvalue weighted by molar-refractivity contribution is 0.794. The fourth-order valence-corrected chi connectivity index (χ4v) is 7.05. The first-order valence-electron chi connectivity index (χ1n) is 14.3. The Balaban J connectivity index is 1.70. The third-order valence-corrected chi connectivity index (χ3v) is 9.92. The highest BCUT2D eigenvalue weighted by atomic mass is 127. The van der Waals surface area contributed by atoms with Crippen molar-refractivity contribution in [2.24, 2.45) is 4.99 Å². The minimum atomic E-state index is -1.24. The minimum absolute atomic E-state index is 0.820. The molecule has 0 unspecified atom stereocenters. The van der Waals surface area contributed by atoms with Crippen molar-refractivity contribution in [2.75, 3.05) is 0 Å². The van der Waals surface area contributed by atoms with Gasteiger partial charge in [-0.15, -0.1) is 0 Å². The third-order valence-electron chi connectivity index (χ3n) is 7.68. The van der Waals surface area contributed by atoms with E-state index in [1.54, 1.807) is 6.82 Å². The van der Waals surface area contributed by atoms with E-state index < -0.39 is 7.12 Å². The van der Waals surface area contributed by atoms with Gasteiger partial charge >= 0.3 is 7.12 Å². The standard InChI is InChI=1S/C37H34BFI2N2/c1-23-7-11-28(12-8-23)15-17-31-19-25(3)36(42-31)35(30-21-33(40)27(5)34(41)22-30)37-26(4)20-32(43(37)38(6)39)18-16-29-13-9-24(2)10-14-29/h7-22H,1-6H3/b17-15+,18-16+,36-35-. The van der Waals surface area contributed by atoms with Crippen molar-refractivity contribution in [3.05, 3.63) is 148 Å². The van der Waals surface area contributed by atoms with Crippen LogP contribution in [0.3, 0.4) is 0 Å². The average Bonchev–Trinajstić information content (AvgIpc) is 3.50. The number of hydrogen-bond acceptors (Lipinski definition) is 1. The number of allylic oxidation sites excluding steroid dienone is 3. The number of halogens is 3. The highest BCUT2D eigenvalue weighted by Crippen LogP contribution is 2.39. The molecule has 3 aromatic carbocycles. The molecule has 0 fully saturated rings. The highest BCUT2D eigenvalue weighted by molar-refractivity contribution is 14.1. The summed E-state index contributed by atoms with van der Waals surface area (Å²) in [7, 11) is -1.24. The lowest BCUT2D eigenvalue weighted by Crippen LogP contribution is -2.19. The summed E-state index contributed by atoms with van der Waals surface area (Å²) in [4.78, 5) is 5.15. The molecule has 1 aliphatic rings. The summed E-state index contributed by atoms with van der Waals surface area (Å²) in [5.74, 6) is 0. The predicted octanol–water partition coefficient (Wildman–Crippen LogP) is 10.9. The molecule has 43 heavy (non-hydrogen) atoms. The van der Waals surface area contributed by atoms with Crippen LogP contribution in [0.2, 0.25) is 6.82 Å². The quantitative estimate of drug-likeness (QED) is 0.131. The molecule has 6 heteroatoms. The number of rotatable bonds is 7. The summed E-state index contributed by atoms with van der Waals surface area (Å²) >= 11 is 4.80. The van der Waals surface area contributed by atoms with Crippen molar-refractivity contribution in [1.82, 2.24) is 4.48 Å². The molecule has 1 aliphatic heterocycles. The second-order valence-electron chi connectivity index (χ2n) is 11.2. The molecule has 0 atom stereocenters. The fraction of sp³-hybridized carbons (Fsp3) is 0.162.